The molecule has 18 heteroatoms. The maximum absolute atomic E-state index is 15.6. The number of phenolic OH excluding ortho intramolecular Hbond substituents is 2. The quantitative estimate of drug-likeness (QED) is 0.0968. The molecule has 2 aliphatic heterocycles. The number of piperazine rings is 1. The van der Waals surface area contributed by atoms with Gasteiger partial charge in [-0.25, -0.2) is 23.6 Å². The lowest BCUT2D eigenvalue weighted by molar-refractivity contribution is -0.121. The third-order valence-corrected chi connectivity index (χ3v) is 11.3. The second-order valence-corrected chi connectivity index (χ2v) is 15.7. The van der Waals surface area contributed by atoms with Crippen LogP contribution in [0.1, 0.15) is 75.6 Å². The van der Waals surface area contributed by atoms with Gasteiger partial charge in [0.1, 0.15) is 30.2 Å². The summed E-state index contributed by atoms with van der Waals surface area (Å²) < 4.78 is 22.2. The highest BCUT2D eigenvalue weighted by atomic mass is 19.1. The van der Waals surface area contributed by atoms with Crippen LogP contribution in [0, 0.1) is 5.82 Å². The van der Waals surface area contributed by atoms with E-state index < -0.39 is 23.6 Å². The largest absolute Gasteiger partial charge is 0.508 e. The average Bonchev–Trinajstić information content (AvgIpc) is 3.83. The number of H-pyrrole nitrogens is 1. The van der Waals surface area contributed by atoms with Crippen LogP contribution in [0.5, 0.6) is 11.5 Å². The molecule has 1 atom stereocenters. The van der Waals surface area contributed by atoms with Crippen LogP contribution in [-0.4, -0.2) is 109 Å². The molecule has 63 heavy (non-hydrogen) atoms. The van der Waals surface area contributed by atoms with Crippen molar-refractivity contribution in [1.82, 2.24) is 34.8 Å². The van der Waals surface area contributed by atoms with E-state index in [0.717, 1.165) is 4.57 Å². The van der Waals surface area contributed by atoms with E-state index in [-0.39, 0.29) is 84.8 Å². The van der Waals surface area contributed by atoms with Crippen LogP contribution in [0.3, 0.4) is 0 Å². The highest BCUT2D eigenvalue weighted by Crippen LogP contribution is 2.37. The fourth-order valence-corrected chi connectivity index (χ4v) is 7.77. The number of amides is 4. The monoisotopic (exact) mass is 862 g/mol. The van der Waals surface area contributed by atoms with E-state index in [1.165, 1.54) is 24.1 Å². The summed E-state index contributed by atoms with van der Waals surface area (Å²) in [5.74, 6) is -1.75. The minimum absolute atomic E-state index is 0.0582. The van der Waals surface area contributed by atoms with Crippen molar-refractivity contribution in [2.45, 2.75) is 58.3 Å². The Kier molecular flexibility index (Phi) is 13.0. The van der Waals surface area contributed by atoms with E-state index in [1.54, 1.807) is 65.6 Å². The van der Waals surface area contributed by atoms with Gasteiger partial charge in [0, 0.05) is 86.7 Å². The maximum atomic E-state index is 15.6. The number of fused-ring (bicyclic) bond motifs is 1. The number of hydrogen-bond donors (Lipinski definition) is 5. The molecule has 7 rings (SSSR count). The summed E-state index contributed by atoms with van der Waals surface area (Å²) in [6.07, 6.45) is 0.120. The Morgan fingerprint density at radius 3 is 2.38 bits per heavy atom. The summed E-state index contributed by atoms with van der Waals surface area (Å²) in [4.78, 5) is 80.9. The van der Waals surface area contributed by atoms with Gasteiger partial charge in [-0.3, -0.25) is 24.6 Å². The van der Waals surface area contributed by atoms with E-state index in [4.69, 9.17) is 4.74 Å². The molecule has 0 saturated carbocycles. The van der Waals surface area contributed by atoms with Crippen molar-refractivity contribution >= 4 is 35.8 Å². The second-order valence-electron chi connectivity index (χ2n) is 15.7. The Bertz CT molecular complexity index is 2620. The van der Waals surface area contributed by atoms with Gasteiger partial charge in [0.15, 0.2) is 5.82 Å². The number of benzene rings is 4. The summed E-state index contributed by atoms with van der Waals surface area (Å²) in [5, 5.41) is 32.5. The second kappa shape index (κ2) is 18.7. The number of hydrogen-bond acceptors (Lipinski definition) is 11. The van der Waals surface area contributed by atoms with E-state index in [2.05, 4.69) is 20.8 Å². The molecule has 0 spiro atoms. The number of halogens is 1. The zero-order valence-electron chi connectivity index (χ0n) is 34.9. The lowest BCUT2D eigenvalue weighted by atomic mass is 9.98. The van der Waals surface area contributed by atoms with Gasteiger partial charge in [-0.15, -0.1) is 0 Å². The zero-order valence-corrected chi connectivity index (χ0v) is 34.9. The fourth-order valence-electron chi connectivity index (χ4n) is 7.77. The summed E-state index contributed by atoms with van der Waals surface area (Å²) in [5.41, 5.74) is 3.03. The third-order valence-electron chi connectivity index (χ3n) is 11.3. The normalized spacial score (nSPS) is 14.4. The van der Waals surface area contributed by atoms with Crippen LogP contribution in [0.2, 0.25) is 0 Å². The van der Waals surface area contributed by atoms with Crippen molar-refractivity contribution < 1.29 is 43.3 Å². The molecule has 1 aromatic heterocycles. The predicted molar refractivity (Wildman–Crippen MR) is 228 cm³/mol. The van der Waals surface area contributed by atoms with E-state index >= 15 is 4.39 Å². The van der Waals surface area contributed by atoms with Gasteiger partial charge in [-0.1, -0.05) is 38.1 Å². The predicted octanol–water partition coefficient (Wildman–Crippen LogP) is 4.66. The third kappa shape index (κ3) is 9.45. The van der Waals surface area contributed by atoms with Crippen LogP contribution < -0.4 is 16.3 Å². The molecule has 4 amide bonds. The SMILES string of the molecule is CNC(=O)CCC(C=O)N1Cc2c(NC(=O)OCc3ccc(C(=O)N4CCN(Cc5ccc(-n6c(-c7cc(C(C)C)c(O)cc7O)n[nH]c6=O)cc5F)CC4)cc3)cccc2C1=O. The van der Waals surface area contributed by atoms with E-state index in [1.807, 2.05) is 18.7 Å². The van der Waals surface area contributed by atoms with Gasteiger partial charge < -0.3 is 34.9 Å². The molecular formula is C45H47FN8O9. The van der Waals surface area contributed by atoms with Crippen molar-refractivity contribution in [3.8, 4) is 28.6 Å². The lowest BCUT2D eigenvalue weighted by Gasteiger charge is -2.35. The summed E-state index contributed by atoms with van der Waals surface area (Å²) >= 11 is 0. The van der Waals surface area contributed by atoms with Gasteiger partial charge in [-0.2, -0.15) is 5.10 Å². The number of phenols is 2. The smallest absolute Gasteiger partial charge is 0.411 e. The minimum atomic E-state index is -0.806. The maximum Gasteiger partial charge on any atom is 0.411 e. The molecule has 5 aromatic rings. The molecule has 1 unspecified atom stereocenters. The van der Waals surface area contributed by atoms with Crippen molar-refractivity contribution in [3.63, 3.8) is 0 Å². The number of rotatable bonds is 14. The van der Waals surface area contributed by atoms with Gasteiger partial charge in [-0.05, 0) is 65.9 Å². The van der Waals surface area contributed by atoms with Crippen molar-refractivity contribution in [2.24, 2.45) is 0 Å². The molecule has 1 fully saturated rings. The number of nitrogens with zero attached hydrogens (tertiary/aromatic N) is 5. The number of carbonyl (C=O) groups excluding carboxylic acids is 5. The standard InChI is InChI=1S/C45H47FN8O9/c1-26(2)33-20-34(39(57)21-38(33)56)41-49-50-44(61)54(41)30-12-11-29(36(46)19-30)22-51-15-17-52(18-16-51)42(59)28-9-7-27(8-10-28)25-63-45(62)48-37-6-4-5-32-35(37)23-53(43(32)60)31(24-55)13-14-40(58)47-3/h4-12,19-21,24,26,31,56-57H,13-18,22-23,25H2,1-3H3,(H,47,58)(H,48,62)(H,50,61). The molecule has 4 aromatic carbocycles. The van der Waals surface area contributed by atoms with Crippen molar-refractivity contribution in [3.05, 3.63) is 122 Å². The molecular weight excluding hydrogens is 816 g/mol. The number of aldehydes is 1. The number of anilines is 1. The summed E-state index contributed by atoms with van der Waals surface area (Å²) in [7, 11) is 1.49. The van der Waals surface area contributed by atoms with Gasteiger partial charge >= 0.3 is 11.8 Å². The number of aromatic nitrogens is 3. The van der Waals surface area contributed by atoms with Gasteiger partial charge in [0.2, 0.25) is 5.91 Å². The highest BCUT2D eigenvalue weighted by molar-refractivity contribution is 6.02. The molecule has 0 radical (unpaired) electrons. The summed E-state index contributed by atoms with van der Waals surface area (Å²) in [6.45, 7) is 5.79. The molecule has 328 valence electrons. The Balaban J connectivity index is 0.900. The van der Waals surface area contributed by atoms with E-state index in [0.29, 0.717) is 71.5 Å². The minimum Gasteiger partial charge on any atom is -0.508 e. The Morgan fingerprint density at radius 2 is 1.70 bits per heavy atom. The average molecular weight is 863 g/mol. The first-order valence-corrected chi connectivity index (χ1v) is 20.4. The Morgan fingerprint density at radius 1 is 0.952 bits per heavy atom. The molecule has 2 aliphatic rings. The Hall–Kier alpha value is -7.34. The Labute approximate surface area is 361 Å². The van der Waals surface area contributed by atoms with Crippen molar-refractivity contribution in [2.75, 3.05) is 38.5 Å². The first-order chi connectivity index (χ1) is 30.3. The molecule has 0 aliphatic carbocycles. The van der Waals surface area contributed by atoms with Crippen LogP contribution in [0.4, 0.5) is 14.9 Å². The molecule has 0 bridgehead atoms. The lowest BCUT2D eigenvalue weighted by Crippen LogP contribution is -2.48. The fraction of sp³-hybridized carbons (Fsp3) is 0.311. The van der Waals surface area contributed by atoms with E-state index in [9.17, 15) is 39.0 Å². The van der Waals surface area contributed by atoms with Crippen LogP contribution in [0.15, 0.2) is 77.6 Å². The van der Waals surface area contributed by atoms with Gasteiger partial charge in [0.25, 0.3) is 11.8 Å². The number of carbonyl (C=O) groups is 5. The van der Waals surface area contributed by atoms with Gasteiger partial charge in [0.05, 0.1) is 17.3 Å². The highest BCUT2D eigenvalue weighted by Gasteiger charge is 2.34. The molecule has 1 saturated heterocycles. The molecule has 3 heterocycles. The first kappa shape index (κ1) is 43.7. The molecule has 5 N–H and O–H groups in total. The summed E-state index contributed by atoms with van der Waals surface area (Å²) in [6, 6.07) is 17.9. The zero-order chi connectivity index (χ0) is 44.9. The van der Waals surface area contributed by atoms with Crippen LogP contribution >= 0.6 is 0 Å². The number of aromatic hydroxyl groups is 2. The number of nitrogens with one attached hydrogen (secondary N) is 3. The topological polar surface area (TPSA) is 219 Å². The molecule has 17 nitrogen and oxygen atoms in total. The van der Waals surface area contributed by atoms with Crippen LogP contribution in [-0.2, 0) is 34.0 Å². The number of aromatic amines is 1. The van der Waals surface area contributed by atoms with Crippen molar-refractivity contribution in [1.29, 1.82) is 0 Å². The first-order valence-electron chi connectivity index (χ1n) is 20.4. The number of ether oxygens (including phenoxy) is 1. The van der Waals surface area contributed by atoms with Crippen LogP contribution in [0.25, 0.3) is 17.1 Å².